The van der Waals surface area contributed by atoms with Crippen LogP contribution in [-0.2, 0) is 0 Å². The molecule has 0 radical (unpaired) electrons. The molecule has 0 amide bonds. The van der Waals surface area contributed by atoms with E-state index in [1.54, 1.807) is 0 Å². The molecular weight excluding hydrogens is 268 g/mol. The zero-order valence-corrected chi connectivity index (χ0v) is 10.5. The van der Waals surface area contributed by atoms with Gasteiger partial charge in [-0.05, 0) is 40.9 Å². The Labute approximate surface area is 103 Å². The molecule has 0 atom stereocenters. The number of ether oxygens (including phenoxy) is 1. The predicted octanol–water partition coefficient (Wildman–Crippen LogP) is 3.10. The van der Waals surface area contributed by atoms with E-state index in [1.807, 2.05) is 18.2 Å². The van der Waals surface area contributed by atoms with Crippen LogP contribution in [0.2, 0.25) is 0 Å². The highest BCUT2D eigenvalue weighted by molar-refractivity contribution is 9.10. The van der Waals surface area contributed by atoms with E-state index in [1.165, 1.54) is 0 Å². The summed E-state index contributed by atoms with van der Waals surface area (Å²) in [5.74, 6) is 0.687. The van der Waals surface area contributed by atoms with Crippen molar-refractivity contribution >= 4 is 21.6 Å². The van der Waals surface area contributed by atoms with Gasteiger partial charge in [-0.3, -0.25) is 0 Å². The van der Waals surface area contributed by atoms with Crippen molar-refractivity contribution in [1.29, 1.82) is 5.26 Å². The van der Waals surface area contributed by atoms with Crippen LogP contribution in [0.1, 0.15) is 19.3 Å². The van der Waals surface area contributed by atoms with E-state index in [0.717, 1.165) is 17.3 Å². The second-order valence-electron chi connectivity index (χ2n) is 4.28. The molecule has 1 aromatic rings. The minimum Gasteiger partial charge on any atom is -0.490 e. The van der Waals surface area contributed by atoms with E-state index in [-0.39, 0.29) is 5.41 Å². The summed E-state index contributed by atoms with van der Waals surface area (Å²) in [5.41, 5.74) is 6.53. The van der Waals surface area contributed by atoms with Crippen molar-refractivity contribution in [2.45, 2.75) is 19.3 Å². The first-order valence-corrected chi connectivity index (χ1v) is 6.00. The number of hydrogen-bond acceptors (Lipinski definition) is 3. The number of nitriles is 1. The fraction of sp³-hybridized carbons (Fsp3) is 0.417. The quantitative estimate of drug-likeness (QED) is 0.863. The second kappa shape index (κ2) is 4.34. The van der Waals surface area contributed by atoms with Crippen molar-refractivity contribution in [3.63, 3.8) is 0 Å². The third kappa shape index (κ3) is 2.30. The number of nitrogens with zero attached hydrogens (tertiary/aromatic N) is 1. The summed E-state index contributed by atoms with van der Waals surface area (Å²) in [6, 6.07) is 7.79. The average Bonchev–Trinajstić information content (AvgIpc) is 2.98. The van der Waals surface area contributed by atoms with Gasteiger partial charge in [-0.1, -0.05) is 6.07 Å². The normalized spacial score (nSPS) is 16.5. The zero-order chi connectivity index (χ0) is 11.6. The Morgan fingerprint density at radius 1 is 1.50 bits per heavy atom. The standard InChI is InChI=1S/C12H13BrN2O/c13-9-2-1-3-10(15)11(9)16-8-12(4-5-12)6-7-14/h1-3H,4-6,8,15H2. The van der Waals surface area contributed by atoms with E-state index in [2.05, 4.69) is 22.0 Å². The fourth-order valence-electron chi connectivity index (χ4n) is 1.62. The Morgan fingerprint density at radius 2 is 2.25 bits per heavy atom. The third-order valence-electron chi connectivity index (χ3n) is 2.93. The molecule has 16 heavy (non-hydrogen) atoms. The monoisotopic (exact) mass is 280 g/mol. The topological polar surface area (TPSA) is 59.0 Å². The van der Waals surface area contributed by atoms with E-state index < -0.39 is 0 Å². The van der Waals surface area contributed by atoms with Crippen LogP contribution in [0.15, 0.2) is 22.7 Å². The van der Waals surface area contributed by atoms with Crippen molar-refractivity contribution in [2.24, 2.45) is 5.41 Å². The van der Waals surface area contributed by atoms with Crippen LogP contribution in [0.25, 0.3) is 0 Å². The maximum Gasteiger partial charge on any atom is 0.156 e. The van der Waals surface area contributed by atoms with Crippen LogP contribution in [0.3, 0.4) is 0 Å². The molecule has 2 N–H and O–H groups in total. The van der Waals surface area contributed by atoms with Gasteiger partial charge in [0.05, 0.1) is 22.8 Å². The van der Waals surface area contributed by atoms with Crippen molar-refractivity contribution in [3.05, 3.63) is 22.7 Å². The Bertz CT molecular complexity index is 415. The number of nitrogens with two attached hydrogens (primary N) is 1. The molecular formula is C12H13BrN2O. The van der Waals surface area contributed by atoms with Gasteiger partial charge in [-0.25, -0.2) is 0 Å². The number of halogens is 1. The lowest BCUT2D eigenvalue weighted by Crippen LogP contribution is -2.13. The number of para-hydroxylation sites is 1. The van der Waals surface area contributed by atoms with Gasteiger partial charge in [-0.15, -0.1) is 0 Å². The molecule has 0 unspecified atom stereocenters. The SMILES string of the molecule is N#CCC1(COc2c(N)cccc2Br)CC1. The summed E-state index contributed by atoms with van der Waals surface area (Å²) in [7, 11) is 0. The van der Waals surface area contributed by atoms with Crippen molar-refractivity contribution in [1.82, 2.24) is 0 Å². The van der Waals surface area contributed by atoms with Gasteiger partial charge in [0.25, 0.3) is 0 Å². The number of benzene rings is 1. The van der Waals surface area contributed by atoms with Crippen LogP contribution >= 0.6 is 15.9 Å². The highest BCUT2D eigenvalue weighted by Gasteiger charge is 2.43. The largest absolute Gasteiger partial charge is 0.490 e. The Hall–Kier alpha value is -1.21. The molecule has 84 valence electrons. The maximum absolute atomic E-state index is 8.71. The van der Waals surface area contributed by atoms with Gasteiger partial charge in [0.15, 0.2) is 5.75 Å². The minimum absolute atomic E-state index is 0.0798. The summed E-state index contributed by atoms with van der Waals surface area (Å²) < 4.78 is 6.59. The molecule has 0 aromatic heterocycles. The molecule has 1 aliphatic rings. The molecule has 0 heterocycles. The highest BCUT2D eigenvalue weighted by Crippen LogP contribution is 2.49. The molecule has 3 nitrogen and oxygen atoms in total. The van der Waals surface area contributed by atoms with Crippen molar-refractivity contribution < 1.29 is 4.74 Å². The Kier molecular flexibility index (Phi) is 3.06. The van der Waals surface area contributed by atoms with Gasteiger partial charge in [0.2, 0.25) is 0 Å². The summed E-state index contributed by atoms with van der Waals surface area (Å²) >= 11 is 3.40. The lowest BCUT2D eigenvalue weighted by molar-refractivity contribution is 0.237. The van der Waals surface area contributed by atoms with Gasteiger partial charge < -0.3 is 10.5 Å². The third-order valence-corrected chi connectivity index (χ3v) is 3.56. The average molecular weight is 281 g/mol. The van der Waals surface area contributed by atoms with E-state index in [4.69, 9.17) is 15.7 Å². The fourth-order valence-corrected chi connectivity index (χ4v) is 2.12. The summed E-state index contributed by atoms with van der Waals surface area (Å²) in [4.78, 5) is 0. The van der Waals surface area contributed by atoms with Crippen molar-refractivity contribution in [3.8, 4) is 11.8 Å². The molecule has 1 fully saturated rings. The van der Waals surface area contributed by atoms with Crippen LogP contribution in [0, 0.1) is 16.7 Å². The molecule has 4 heteroatoms. The maximum atomic E-state index is 8.71. The molecule has 0 bridgehead atoms. The zero-order valence-electron chi connectivity index (χ0n) is 8.87. The van der Waals surface area contributed by atoms with Crippen LogP contribution in [0.4, 0.5) is 5.69 Å². The molecule has 0 aliphatic heterocycles. The summed E-state index contributed by atoms with van der Waals surface area (Å²) in [6.07, 6.45) is 2.72. The first-order chi connectivity index (χ1) is 7.67. The van der Waals surface area contributed by atoms with E-state index in [0.29, 0.717) is 24.5 Å². The first-order valence-electron chi connectivity index (χ1n) is 5.21. The van der Waals surface area contributed by atoms with Gasteiger partial charge in [0, 0.05) is 11.8 Å². The Balaban J connectivity index is 2.03. The second-order valence-corrected chi connectivity index (χ2v) is 5.14. The van der Waals surface area contributed by atoms with Gasteiger partial charge in [0.1, 0.15) is 0 Å². The van der Waals surface area contributed by atoms with Gasteiger partial charge in [-0.2, -0.15) is 5.26 Å². The van der Waals surface area contributed by atoms with E-state index >= 15 is 0 Å². The number of nitrogen functional groups attached to an aromatic ring is 1. The lowest BCUT2D eigenvalue weighted by atomic mass is 10.1. The van der Waals surface area contributed by atoms with E-state index in [9.17, 15) is 0 Å². The van der Waals surface area contributed by atoms with Crippen LogP contribution in [0.5, 0.6) is 5.75 Å². The summed E-state index contributed by atoms with van der Waals surface area (Å²) in [6.45, 7) is 0.577. The van der Waals surface area contributed by atoms with Crippen LogP contribution in [-0.4, -0.2) is 6.61 Å². The van der Waals surface area contributed by atoms with Gasteiger partial charge >= 0.3 is 0 Å². The summed E-state index contributed by atoms with van der Waals surface area (Å²) in [5, 5.41) is 8.71. The van der Waals surface area contributed by atoms with Crippen LogP contribution < -0.4 is 10.5 Å². The predicted molar refractivity (Wildman–Crippen MR) is 65.9 cm³/mol. The van der Waals surface area contributed by atoms with Crippen molar-refractivity contribution in [2.75, 3.05) is 12.3 Å². The number of rotatable bonds is 4. The molecule has 1 aromatic carbocycles. The number of hydrogen-bond donors (Lipinski definition) is 1. The molecule has 0 spiro atoms. The molecule has 1 saturated carbocycles. The minimum atomic E-state index is 0.0798. The lowest BCUT2D eigenvalue weighted by Gasteiger charge is -2.15. The smallest absolute Gasteiger partial charge is 0.156 e. The Morgan fingerprint density at radius 3 is 2.81 bits per heavy atom. The molecule has 1 aliphatic carbocycles. The first kappa shape index (κ1) is 11.3. The molecule has 0 saturated heterocycles. The number of anilines is 1. The molecule has 2 rings (SSSR count). The highest BCUT2D eigenvalue weighted by atomic mass is 79.9.